The standard InChI is InChI=1S/C20H26N4O2S/c1-3-21-19(25)16-8-6-15(7-9-16)14-27-20-22-17(13-26-2)12-18(23-20)24-10-4-5-11-24/h6-9,12H,3-5,10-11,13-14H2,1-2H3,(H,21,25). The van der Waals surface area contributed by atoms with Gasteiger partial charge in [-0.15, -0.1) is 0 Å². The van der Waals surface area contributed by atoms with Crippen LogP contribution in [0.4, 0.5) is 5.82 Å². The molecule has 2 aromatic rings. The number of rotatable bonds is 8. The van der Waals surface area contributed by atoms with Crippen molar-refractivity contribution < 1.29 is 9.53 Å². The average molecular weight is 387 g/mol. The maximum absolute atomic E-state index is 11.8. The van der Waals surface area contributed by atoms with E-state index in [9.17, 15) is 4.79 Å². The first-order valence-electron chi connectivity index (χ1n) is 9.31. The van der Waals surface area contributed by atoms with Gasteiger partial charge in [-0.2, -0.15) is 0 Å². The van der Waals surface area contributed by atoms with Crippen LogP contribution in [0.2, 0.25) is 0 Å². The molecule has 27 heavy (non-hydrogen) atoms. The van der Waals surface area contributed by atoms with Crippen LogP contribution in [0.3, 0.4) is 0 Å². The monoisotopic (exact) mass is 386 g/mol. The van der Waals surface area contributed by atoms with Gasteiger partial charge in [-0.05, 0) is 37.5 Å². The van der Waals surface area contributed by atoms with Crippen molar-refractivity contribution in [3.63, 3.8) is 0 Å². The minimum absolute atomic E-state index is 0.0393. The lowest BCUT2D eigenvalue weighted by molar-refractivity contribution is 0.0956. The van der Waals surface area contributed by atoms with Crippen molar-refractivity contribution in [2.45, 2.75) is 37.3 Å². The number of methoxy groups -OCH3 is 1. The molecule has 1 aromatic heterocycles. The molecule has 7 heteroatoms. The molecule has 0 atom stereocenters. The van der Waals surface area contributed by atoms with E-state index >= 15 is 0 Å². The lowest BCUT2D eigenvalue weighted by Gasteiger charge is -2.17. The molecule has 144 valence electrons. The Labute approximate surface area is 164 Å². The highest BCUT2D eigenvalue weighted by Gasteiger charge is 2.16. The summed E-state index contributed by atoms with van der Waals surface area (Å²) in [5.41, 5.74) is 2.72. The Hall–Kier alpha value is -2.12. The molecule has 1 saturated heterocycles. The van der Waals surface area contributed by atoms with E-state index in [1.807, 2.05) is 37.3 Å². The number of nitrogens with one attached hydrogen (secondary N) is 1. The SMILES string of the molecule is CCNC(=O)c1ccc(CSc2nc(COC)cc(N3CCCC3)n2)cc1. The lowest BCUT2D eigenvalue weighted by atomic mass is 10.1. The first-order valence-corrected chi connectivity index (χ1v) is 10.3. The van der Waals surface area contributed by atoms with E-state index in [1.54, 1.807) is 18.9 Å². The predicted octanol–water partition coefficient (Wildman–Crippen LogP) is 3.27. The summed E-state index contributed by atoms with van der Waals surface area (Å²) in [6, 6.07) is 9.72. The molecule has 1 N–H and O–H groups in total. The van der Waals surface area contributed by atoms with Crippen molar-refractivity contribution in [2.24, 2.45) is 0 Å². The van der Waals surface area contributed by atoms with Gasteiger partial charge in [0.05, 0.1) is 12.3 Å². The van der Waals surface area contributed by atoms with Crippen molar-refractivity contribution in [3.05, 3.63) is 47.2 Å². The molecule has 0 unspecified atom stereocenters. The summed E-state index contributed by atoms with van der Waals surface area (Å²) in [5.74, 6) is 1.71. The molecule has 1 aliphatic heterocycles. The molecule has 0 bridgehead atoms. The second kappa shape index (κ2) is 9.71. The van der Waals surface area contributed by atoms with Crippen LogP contribution in [0.25, 0.3) is 0 Å². The van der Waals surface area contributed by atoms with Gasteiger partial charge in [-0.1, -0.05) is 23.9 Å². The zero-order valence-corrected chi connectivity index (χ0v) is 16.7. The van der Waals surface area contributed by atoms with Crippen LogP contribution in [-0.2, 0) is 17.1 Å². The van der Waals surface area contributed by atoms with Crippen LogP contribution < -0.4 is 10.2 Å². The van der Waals surface area contributed by atoms with Crippen molar-refractivity contribution >= 4 is 23.5 Å². The van der Waals surface area contributed by atoms with E-state index in [0.29, 0.717) is 18.7 Å². The summed E-state index contributed by atoms with van der Waals surface area (Å²) in [6.45, 7) is 5.13. The highest BCUT2D eigenvalue weighted by Crippen LogP contribution is 2.25. The Morgan fingerprint density at radius 1 is 1.22 bits per heavy atom. The summed E-state index contributed by atoms with van der Waals surface area (Å²) in [7, 11) is 1.68. The Kier molecular flexibility index (Phi) is 7.06. The summed E-state index contributed by atoms with van der Waals surface area (Å²) in [6.07, 6.45) is 2.42. The number of carbonyl (C=O) groups excluding carboxylic acids is 1. The average Bonchev–Trinajstić information content (AvgIpc) is 3.22. The fourth-order valence-corrected chi connectivity index (χ4v) is 3.84. The number of hydrogen-bond acceptors (Lipinski definition) is 6. The second-order valence-electron chi connectivity index (χ2n) is 6.47. The molecular formula is C20H26N4O2S. The van der Waals surface area contributed by atoms with Crippen LogP contribution >= 0.6 is 11.8 Å². The number of ether oxygens (including phenoxy) is 1. The maximum Gasteiger partial charge on any atom is 0.251 e. The van der Waals surface area contributed by atoms with E-state index in [4.69, 9.17) is 9.72 Å². The largest absolute Gasteiger partial charge is 0.378 e. The lowest BCUT2D eigenvalue weighted by Crippen LogP contribution is -2.22. The maximum atomic E-state index is 11.8. The minimum Gasteiger partial charge on any atom is -0.378 e. The zero-order valence-electron chi connectivity index (χ0n) is 15.9. The third-order valence-corrected chi connectivity index (χ3v) is 5.31. The van der Waals surface area contributed by atoms with Gasteiger partial charge in [0, 0.05) is 44.1 Å². The van der Waals surface area contributed by atoms with Crippen LogP contribution in [0.15, 0.2) is 35.5 Å². The van der Waals surface area contributed by atoms with E-state index in [1.165, 1.54) is 12.8 Å². The number of benzene rings is 1. The molecule has 1 aromatic carbocycles. The predicted molar refractivity (Wildman–Crippen MR) is 108 cm³/mol. The first kappa shape index (κ1) is 19.6. The van der Waals surface area contributed by atoms with Crippen LogP contribution in [0, 0.1) is 0 Å². The summed E-state index contributed by atoms with van der Waals surface area (Å²) >= 11 is 1.61. The quantitative estimate of drug-likeness (QED) is 0.555. The van der Waals surface area contributed by atoms with Crippen LogP contribution in [-0.4, -0.2) is 42.6 Å². The number of nitrogens with zero attached hydrogens (tertiary/aromatic N) is 3. The Morgan fingerprint density at radius 2 is 1.96 bits per heavy atom. The number of hydrogen-bond donors (Lipinski definition) is 1. The number of anilines is 1. The number of thioether (sulfide) groups is 1. The van der Waals surface area contributed by atoms with Gasteiger partial charge in [0.15, 0.2) is 5.16 Å². The summed E-state index contributed by atoms with van der Waals surface area (Å²) < 4.78 is 5.26. The fourth-order valence-electron chi connectivity index (χ4n) is 3.02. The van der Waals surface area contributed by atoms with Crippen molar-refractivity contribution in [1.82, 2.24) is 15.3 Å². The van der Waals surface area contributed by atoms with Crippen molar-refractivity contribution in [2.75, 3.05) is 31.6 Å². The summed E-state index contributed by atoms with van der Waals surface area (Å²) in [5, 5.41) is 3.57. The van der Waals surface area contributed by atoms with E-state index < -0.39 is 0 Å². The molecule has 0 radical (unpaired) electrons. The fraction of sp³-hybridized carbons (Fsp3) is 0.450. The molecule has 6 nitrogen and oxygen atoms in total. The number of amides is 1. The third-order valence-electron chi connectivity index (χ3n) is 4.39. The van der Waals surface area contributed by atoms with E-state index in [-0.39, 0.29) is 5.91 Å². The third kappa shape index (κ3) is 5.43. The Bertz CT molecular complexity index is 761. The molecule has 0 saturated carbocycles. The Morgan fingerprint density at radius 3 is 2.63 bits per heavy atom. The molecule has 1 aliphatic rings. The van der Waals surface area contributed by atoms with Gasteiger partial charge < -0.3 is 15.0 Å². The highest BCUT2D eigenvalue weighted by molar-refractivity contribution is 7.98. The minimum atomic E-state index is -0.0393. The Balaban J connectivity index is 1.68. The van der Waals surface area contributed by atoms with E-state index in [2.05, 4.69) is 15.2 Å². The topological polar surface area (TPSA) is 67.3 Å². The number of carbonyl (C=O) groups is 1. The van der Waals surface area contributed by atoms with Crippen LogP contribution in [0.1, 0.15) is 41.4 Å². The molecule has 3 rings (SSSR count). The van der Waals surface area contributed by atoms with Crippen molar-refractivity contribution in [1.29, 1.82) is 0 Å². The molecule has 0 spiro atoms. The molecular weight excluding hydrogens is 360 g/mol. The molecule has 0 aliphatic carbocycles. The van der Waals surface area contributed by atoms with Gasteiger partial charge in [0.1, 0.15) is 5.82 Å². The summed E-state index contributed by atoms with van der Waals surface area (Å²) in [4.78, 5) is 23.5. The second-order valence-corrected chi connectivity index (χ2v) is 7.41. The van der Waals surface area contributed by atoms with Gasteiger partial charge in [0.2, 0.25) is 0 Å². The van der Waals surface area contributed by atoms with Gasteiger partial charge in [-0.25, -0.2) is 9.97 Å². The smallest absolute Gasteiger partial charge is 0.251 e. The van der Waals surface area contributed by atoms with Gasteiger partial charge in [0.25, 0.3) is 5.91 Å². The zero-order chi connectivity index (χ0) is 19.1. The molecule has 2 heterocycles. The number of aromatic nitrogens is 2. The highest BCUT2D eigenvalue weighted by atomic mass is 32.2. The normalized spacial score (nSPS) is 13.8. The van der Waals surface area contributed by atoms with Gasteiger partial charge in [-0.3, -0.25) is 4.79 Å². The molecule has 1 fully saturated rings. The van der Waals surface area contributed by atoms with E-state index in [0.717, 1.165) is 41.1 Å². The first-order chi connectivity index (χ1) is 13.2. The van der Waals surface area contributed by atoms with Gasteiger partial charge >= 0.3 is 0 Å². The molecule has 1 amide bonds. The van der Waals surface area contributed by atoms with Crippen LogP contribution in [0.5, 0.6) is 0 Å². The van der Waals surface area contributed by atoms with Crippen molar-refractivity contribution in [3.8, 4) is 0 Å².